The Morgan fingerprint density at radius 1 is 1.08 bits per heavy atom. The number of aryl methyl sites for hydroxylation is 2. The minimum atomic E-state index is -0.720. The van der Waals surface area contributed by atoms with Crippen molar-refractivity contribution in [1.29, 1.82) is 0 Å². The van der Waals surface area contributed by atoms with Gasteiger partial charge in [0.15, 0.2) is 11.5 Å². The highest BCUT2D eigenvalue weighted by molar-refractivity contribution is 5.81. The third-order valence-corrected chi connectivity index (χ3v) is 4.95. The quantitative estimate of drug-likeness (QED) is 0.642. The summed E-state index contributed by atoms with van der Waals surface area (Å²) in [7, 11) is 0. The van der Waals surface area contributed by atoms with Crippen molar-refractivity contribution in [3.05, 3.63) is 65.5 Å². The molecule has 4 rings (SSSR count). The van der Waals surface area contributed by atoms with E-state index in [9.17, 15) is 4.79 Å². The number of aliphatic carboxylic acids is 1. The first-order valence-electron chi connectivity index (χ1n) is 8.87. The predicted molar refractivity (Wildman–Crippen MR) is 95.6 cm³/mol. The molecule has 0 spiro atoms. The lowest BCUT2D eigenvalue weighted by molar-refractivity contribution is -0.138. The molecule has 1 aromatic heterocycles. The average molecular weight is 335 g/mol. The molecule has 1 heterocycles. The minimum absolute atomic E-state index is 0.0695. The summed E-state index contributed by atoms with van der Waals surface area (Å²) < 4.78 is 5.98. The van der Waals surface area contributed by atoms with E-state index in [1.165, 1.54) is 5.56 Å². The van der Waals surface area contributed by atoms with Crippen LogP contribution in [0.25, 0.3) is 11.1 Å². The summed E-state index contributed by atoms with van der Waals surface area (Å²) in [6, 6.07) is 16.3. The molecule has 2 atom stereocenters. The van der Waals surface area contributed by atoms with Crippen LogP contribution in [0.4, 0.5) is 0 Å². The van der Waals surface area contributed by atoms with Crippen molar-refractivity contribution in [3.8, 4) is 0 Å². The Kier molecular flexibility index (Phi) is 4.26. The molecular weight excluding hydrogens is 314 g/mol. The van der Waals surface area contributed by atoms with E-state index in [2.05, 4.69) is 29.2 Å². The second-order valence-electron chi connectivity index (χ2n) is 6.78. The number of carboxylic acid groups (broad SMARTS) is 1. The Morgan fingerprint density at radius 3 is 2.64 bits per heavy atom. The van der Waals surface area contributed by atoms with Gasteiger partial charge in [0.1, 0.15) is 5.52 Å². The average Bonchev–Trinajstić information content (AvgIpc) is 3.32. The molecular formula is C21H21NO3. The lowest BCUT2D eigenvalue weighted by atomic mass is 10.1. The van der Waals surface area contributed by atoms with Gasteiger partial charge < -0.3 is 9.52 Å². The van der Waals surface area contributed by atoms with Crippen LogP contribution in [0.2, 0.25) is 0 Å². The van der Waals surface area contributed by atoms with Crippen LogP contribution in [0.5, 0.6) is 0 Å². The summed E-state index contributed by atoms with van der Waals surface area (Å²) >= 11 is 0. The Labute approximate surface area is 146 Å². The molecule has 0 saturated heterocycles. The molecule has 1 fully saturated rings. The highest BCUT2D eigenvalue weighted by atomic mass is 16.4. The van der Waals surface area contributed by atoms with Gasteiger partial charge >= 0.3 is 5.97 Å². The topological polar surface area (TPSA) is 63.3 Å². The number of para-hydroxylation sites is 1. The summed E-state index contributed by atoms with van der Waals surface area (Å²) in [4.78, 5) is 15.7. The predicted octanol–water partition coefficient (Wildman–Crippen LogP) is 4.58. The van der Waals surface area contributed by atoms with Crippen molar-refractivity contribution < 1.29 is 14.3 Å². The molecule has 4 nitrogen and oxygen atoms in total. The molecule has 4 heteroatoms. The van der Waals surface area contributed by atoms with Crippen LogP contribution in [-0.4, -0.2) is 16.1 Å². The summed E-state index contributed by atoms with van der Waals surface area (Å²) in [5, 5.41) is 9.15. The van der Waals surface area contributed by atoms with E-state index in [0.29, 0.717) is 6.42 Å². The van der Waals surface area contributed by atoms with Gasteiger partial charge in [-0.1, -0.05) is 42.5 Å². The van der Waals surface area contributed by atoms with Gasteiger partial charge in [-0.2, -0.15) is 0 Å². The second kappa shape index (κ2) is 6.71. The molecule has 1 aliphatic carbocycles. The molecule has 0 amide bonds. The van der Waals surface area contributed by atoms with Crippen molar-refractivity contribution in [2.75, 3.05) is 0 Å². The number of carboxylic acids is 1. The highest BCUT2D eigenvalue weighted by Gasteiger charge is 2.45. The van der Waals surface area contributed by atoms with Crippen molar-refractivity contribution >= 4 is 17.1 Å². The molecule has 2 aromatic carbocycles. The first-order chi connectivity index (χ1) is 12.2. The number of unbranched alkanes of at least 4 members (excludes halogenated alkanes) is 1. The number of nitrogens with zero attached hydrogens (tertiary/aromatic N) is 1. The lowest BCUT2D eigenvalue weighted by Gasteiger charge is -2.00. The van der Waals surface area contributed by atoms with Gasteiger partial charge in [-0.3, -0.25) is 4.79 Å². The summed E-state index contributed by atoms with van der Waals surface area (Å²) in [6.07, 6.45) is 4.70. The van der Waals surface area contributed by atoms with Crippen molar-refractivity contribution in [3.63, 3.8) is 0 Å². The molecule has 0 bridgehead atoms. The highest BCUT2D eigenvalue weighted by Crippen LogP contribution is 2.49. The lowest BCUT2D eigenvalue weighted by Crippen LogP contribution is -1.98. The van der Waals surface area contributed by atoms with E-state index < -0.39 is 5.97 Å². The van der Waals surface area contributed by atoms with Gasteiger partial charge in [0.2, 0.25) is 0 Å². The van der Waals surface area contributed by atoms with Gasteiger partial charge in [0.25, 0.3) is 0 Å². The molecule has 128 valence electrons. The molecule has 0 aliphatic heterocycles. The molecule has 3 aromatic rings. The van der Waals surface area contributed by atoms with Crippen LogP contribution in [0, 0.1) is 5.92 Å². The smallest absolute Gasteiger partial charge is 0.307 e. The van der Waals surface area contributed by atoms with Crippen LogP contribution in [0.15, 0.2) is 52.9 Å². The number of rotatable bonds is 7. The maximum Gasteiger partial charge on any atom is 0.307 e. The van der Waals surface area contributed by atoms with E-state index >= 15 is 0 Å². The zero-order chi connectivity index (χ0) is 17.2. The van der Waals surface area contributed by atoms with Gasteiger partial charge in [0, 0.05) is 17.9 Å². The monoisotopic (exact) mass is 335 g/mol. The Balaban J connectivity index is 1.40. The zero-order valence-electron chi connectivity index (χ0n) is 14.0. The standard InChI is InChI=1S/C21H21NO3/c23-21(24)17-13-16(17)15-10-6-11-18-20(15)25-19(22-18)12-5-4-9-14-7-2-1-3-8-14/h1-3,6-8,10-11,16-17H,4-5,9,12-13H2,(H,23,24)/t16-,17+/m0/s1. The Bertz CT molecular complexity index is 885. The number of benzene rings is 2. The van der Waals surface area contributed by atoms with Crippen molar-refractivity contribution in [1.82, 2.24) is 4.98 Å². The number of hydrogen-bond acceptors (Lipinski definition) is 3. The van der Waals surface area contributed by atoms with E-state index in [1.54, 1.807) is 0 Å². The molecule has 0 unspecified atom stereocenters. The van der Waals surface area contributed by atoms with Crippen LogP contribution < -0.4 is 0 Å². The van der Waals surface area contributed by atoms with E-state index in [-0.39, 0.29) is 11.8 Å². The minimum Gasteiger partial charge on any atom is -0.481 e. The Morgan fingerprint density at radius 2 is 1.88 bits per heavy atom. The van der Waals surface area contributed by atoms with Crippen LogP contribution in [0.1, 0.15) is 42.2 Å². The van der Waals surface area contributed by atoms with E-state index in [0.717, 1.165) is 48.2 Å². The van der Waals surface area contributed by atoms with Crippen molar-refractivity contribution in [2.24, 2.45) is 5.92 Å². The molecule has 1 saturated carbocycles. The fourth-order valence-corrected chi connectivity index (χ4v) is 3.48. The number of carbonyl (C=O) groups is 1. The van der Waals surface area contributed by atoms with Crippen LogP contribution in [-0.2, 0) is 17.6 Å². The molecule has 25 heavy (non-hydrogen) atoms. The second-order valence-corrected chi connectivity index (χ2v) is 6.78. The summed E-state index contributed by atoms with van der Waals surface area (Å²) in [5.74, 6) is -0.171. The summed E-state index contributed by atoms with van der Waals surface area (Å²) in [5.41, 5.74) is 3.96. The first kappa shape index (κ1) is 15.9. The molecule has 1 N–H and O–H groups in total. The Hall–Kier alpha value is -2.62. The fraction of sp³-hybridized carbons (Fsp3) is 0.333. The fourth-order valence-electron chi connectivity index (χ4n) is 3.48. The van der Waals surface area contributed by atoms with Gasteiger partial charge in [-0.25, -0.2) is 4.98 Å². The van der Waals surface area contributed by atoms with E-state index in [4.69, 9.17) is 9.52 Å². The normalized spacial score (nSPS) is 19.2. The van der Waals surface area contributed by atoms with Crippen LogP contribution >= 0.6 is 0 Å². The van der Waals surface area contributed by atoms with Crippen LogP contribution in [0.3, 0.4) is 0 Å². The van der Waals surface area contributed by atoms with E-state index in [1.807, 2.05) is 24.3 Å². The summed E-state index contributed by atoms with van der Waals surface area (Å²) in [6.45, 7) is 0. The largest absolute Gasteiger partial charge is 0.481 e. The third-order valence-electron chi connectivity index (χ3n) is 4.95. The number of fused-ring (bicyclic) bond motifs is 1. The van der Waals surface area contributed by atoms with Gasteiger partial charge in [-0.15, -0.1) is 0 Å². The third kappa shape index (κ3) is 3.43. The SMILES string of the molecule is O=C(O)[C@@H]1C[C@H]1c1cccc2nc(CCCCc3ccccc3)oc12. The first-order valence-corrected chi connectivity index (χ1v) is 8.87. The number of hydrogen-bond donors (Lipinski definition) is 1. The maximum atomic E-state index is 11.1. The molecule has 0 radical (unpaired) electrons. The van der Waals surface area contributed by atoms with Crippen molar-refractivity contribution in [2.45, 2.75) is 38.0 Å². The number of aromatic nitrogens is 1. The molecule has 1 aliphatic rings. The maximum absolute atomic E-state index is 11.1. The zero-order valence-corrected chi connectivity index (χ0v) is 14.0. The number of oxazole rings is 1. The van der Waals surface area contributed by atoms with Gasteiger partial charge in [0.05, 0.1) is 5.92 Å². The van der Waals surface area contributed by atoms with Gasteiger partial charge in [-0.05, 0) is 37.3 Å².